The van der Waals surface area contributed by atoms with Crippen molar-refractivity contribution in [2.45, 2.75) is 19.4 Å². The monoisotopic (exact) mass is 216 g/mol. The van der Waals surface area contributed by atoms with Gasteiger partial charge in [-0.1, -0.05) is 0 Å². The maximum atomic E-state index is 10.9. The minimum atomic E-state index is -0.382. The number of carbonyl (C=O) groups excluding carboxylic acids is 2. The molecule has 1 heterocycles. The zero-order valence-corrected chi connectivity index (χ0v) is 8.75. The van der Waals surface area contributed by atoms with Gasteiger partial charge in [0.25, 0.3) is 0 Å². The SMILES string of the molecule is CCOC(=O)CCNCC1CNC(=O)O1. The quantitative estimate of drug-likeness (QED) is 0.468. The van der Waals surface area contributed by atoms with Crippen LogP contribution in [0, 0.1) is 0 Å². The first-order chi connectivity index (χ1) is 7.22. The van der Waals surface area contributed by atoms with Crippen LogP contribution in [0.3, 0.4) is 0 Å². The molecule has 86 valence electrons. The van der Waals surface area contributed by atoms with Crippen LogP contribution < -0.4 is 10.6 Å². The molecule has 1 fully saturated rings. The fourth-order valence-corrected chi connectivity index (χ4v) is 1.23. The lowest BCUT2D eigenvalue weighted by molar-refractivity contribution is -0.143. The Balaban J connectivity index is 1.97. The molecule has 0 aromatic rings. The van der Waals surface area contributed by atoms with Crippen LogP contribution in [0.5, 0.6) is 0 Å². The summed E-state index contributed by atoms with van der Waals surface area (Å²) in [6.07, 6.45) is -0.186. The van der Waals surface area contributed by atoms with Crippen molar-refractivity contribution in [1.82, 2.24) is 10.6 Å². The highest BCUT2D eigenvalue weighted by Gasteiger charge is 2.21. The second-order valence-corrected chi connectivity index (χ2v) is 3.17. The van der Waals surface area contributed by atoms with Crippen molar-refractivity contribution in [2.75, 3.05) is 26.2 Å². The molecule has 0 radical (unpaired) electrons. The lowest BCUT2D eigenvalue weighted by Crippen LogP contribution is -2.31. The Hall–Kier alpha value is -1.30. The van der Waals surface area contributed by atoms with E-state index in [4.69, 9.17) is 9.47 Å². The minimum absolute atomic E-state index is 0.139. The Morgan fingerprint density at radius 1 is 1.73 bits per heavy atom. The van der Waals surface area contributed by atoms with E-state index in [-0.39, 0.29) is 18.2 Å². The molecule has 1 amide bonds. The fraction of sp³-hybridized carbons (Fsp3) is 0.778. The van der Waals surface area contributed by atoms with Crippen molar-refractivity contribution in [3.8, 4) is 0 Å². The number of carbonyl (C=O) groups is 2. The average Bonchev–Trinajstić information content (AvgIpc) is 2.60. The van der Waals surface area contributed by atoms with Gasteiger partial charge in [-0.25, -0.2) is 4.79 Å². The molecule has 1 unspecified atom stereocenters. The Kier molecular flexibility index (Phi) is 4.89. The second kappa shape index (κ2) is 6.23. The van der Waals surface area contributed by atoms with Gasteiger partial charge in [-0.3, -0.25) is 4.79 Å². The van der Waals surface area contributed by atoms with E-state index in [9.17, 15) is 9.59 Å². The highest BCUT2D eigenvalue weighted by atomic mass is 16.6. The number of ether oxygens (including phenoxy) is 2. The second-order valence-electron chi connectivity index (χ2n) is 3.17. The van der Waals surface area contributed by atoms with Gasteiger partial charge < -0.3 is 20.1 Å². The molecular weight excluding hydrogens is 200 g/mol. The predicted octanol–water partition coefficient (Wildman–Crippen LogP) is -0.362. The number of rotatable bonds is 6. The van der Waals surface area contributed by atoms with Gasteiger partial charge in [0.1, 0.15) is 6.10 Å². The number of hydrogen-bond acceptors (Lipinski definition) is 5. The lowest BCUT2D eigenvalue weighted by Gasteiger charge is -2.08. The molecule has 0 aliphatic carbocycles. The maximum absolute atomic E-state index is 10.9. The zero-order chi connectivity index (χ0) is 11.1. The molecule has 1 atom stereocenters. The van der Waals surface area contributed by atoms with Crippen LogP contribution in [-0.2, 0) is 14.3 Å². The standard InChI is InChI=1S/C9H16N2O4/c1-2-14-8(12)3-4-10-5-7-6-11-9(13)15-7/h7,10H,2-6H2,1H3,(H,11,13). The molecule has 6 heteroatoms. The summed E-state index contributed by atoms with van der Waals surface area (Å²) in [5.41, 5.74) is 0. The van der Waals surface area contributed by atoms with Gasteiger partial charge in [0, 0.05) is 13.1 Å². The molecule has 1 aliphatic rings. The Bertz CT molecular complexity index is 232. The first-order valence-corrected chi connectivity index (χ1v) is 5.03. The normalized spacial score (nSPS) is 19.5. The van der Waals surface area contributed by atoms with Crippen LogP contribution >= 0.6 is 0 Å². The molecule has 1 rings (SSSR count). The molecule has 0 aromatic heterocycles. The largest absolute Gasteiger partial charge is 0.466 e. The molecule has 0 bridgehead atoms. The summed E-state index contributed by atoms with van der Waals surface area (Å²) in [5, 5.41) is 5.57. The molecule has 2 N–H and O–H groups in total. The van der Waals surface area contributed by atoms with Gasteiger partial charge in [0.15, 0.2) is 0 Å². The highest BCUT2D eigenvalue weighted by molar-refractivity contribution is 5.69. The van der Waals surface area contributed by atoms with Gasteiger partial charge in [0.05, 0.1) is 19.6 Å². The molecule has 6 nitrogen and oxygen atoms in total. The van der Waals surface area contributed by atoms with Crippen molar-refractivity contribution >= 4 is 12.1 Å². The summed E-state index contributed by atoms with van der Waals surface area (Å²) in [6.45, 7) is 3.79. The molecule has 1 saturated heterocycles. The van der Waals surface area contributed by atoms with E-state index in [1.54, 1.807) is 6.92 Å². The predicted molar refractivity (Wildman–Crippen MR) is 52.4 cm³/mol. The van der Waals surface area contributed by atoms with Crippen LogP contribution in [0.25, 0.3) is 0 Å². The summed E-state index contributed by atoms with van der Waals surface area (Å²) in [7, 11) is 0. The molecule has 0 saturated carbocycles. The van der Waals surface area contributed by atoms with Crippen molar-refractivity contribution < 1.29 is 19.1 Å². The van der Waals surface area contributed by atoms with Crippen molar-refractivity contribution in [3.05, 3.63) is 0 Å². The number of alkyl carbamates (subject to hydrolysis) is 1. The third kappa shape index (κ3) is 4.64. The zero-order valence-electron chi connectivity index (χ0n) is 8.75. The summed E-state index contributed by atoms with van der Waals surface area (Å²) in [5.74, 6) is -0.216. The fourth-order valence-electron chi connectivity index (χ4n) is 1.23. The summed E-state index contributed by atoms with van der Waals surface area (Å²) in [6, 6.07) is 0. The third-order valence-corrected chi connectivity index (χ3v) is 1.93. The number of cyclic esters (lactones) is 1. The van der Waals surface area contributed by atoms with Crippen molar-refractivity contribution in [2.24, 2.45) is 0 Å². The molecule has 15 heavy (non-hydrogen) atoms. The van der Waals surface area contributed by atoms with E-state index in [0.717, 1.165) is 0 Å². The van der Waals surface area contributed by atoms with Crippen LogP contribution in [-0.4, -0.2) is 44.4 Å². The Morgan fingerprint density at radius 2 is 2.53 bits per heavy atom. The number of hydrogen-bond donors (Lipinski definition) is 2. The molecule has 0 aromatic carbocycles. The summed E-state index contributed by atoms with van der Waals surface area (Å²) in [4.78, 5) is 21.6. The van der Waals surface area contributed by atoms with E-state index >= 15 is 0 Å². The summed E-state index contributed by atoms with van der Waals surface area (Å²) >= 11 is 0. The van der Waals surface area contributed by atoms with Crippen LogP contribution in [0.2, 0.25) is 0 Å². The molecule has 1 aliphatic heterocycles. The minimum Gasteiger partial charge on any atom is -0.466 e. The number of amides is 1. The van der Waals surface area contributed by atoms with Gasteiger partial charge in [0.2, 0.25) is 0 Å². The van der Waals surface area contributed by atoms with Crippen molar-refractivity contribution in [3.63, 3.8) is 0 Å². The smallest absolute Gasteiger partial charge is 0.407 e. The van der Waals surface area contributed by atoms with E-state index < -0.39 is 0 Å². The highest BCUT2D eigenvalue weighted by Crippen LogP contribution is 1.97. The van der Waals surface area contributed by atoms with E-state index in [1.165, 1.54) is 0 Å². The van der Waals surface area contributed by atoms with E-state index in [1.807, 2.05) is 0 Å². The number of esters is 1. The van der Waals surface area contributed by atoms with E-state index in [2.05, 4.69) is 10.6 Å². The van der Waals surface area contributed by atoms with Crippen LogP contribution in [0.1, 0.15) is 13.3 Å². The Morgan fingerprint density at radius 3 is 3.13 bits per heavy atom. The lowest BCUT2D eigenvalue weighted by atomic mass is 10.3. The Labute approximate surface area is 88.3 Å². The van der Waals surface area contributed by atoms with Gasteiger partial charge in [-0.15, -0.1) is 0 Å². The van der Waals surface area contributed by atoms with Crippen molar-refractivity contribution in [1.29, 1.82) is 0 Å². The average molecular weight is 216 g/mol. The van der Waals surface area contributed by atoms with Gasteiger partial charge >= 0.3 is 12.1 Å². The van der Waals surface area contributed by atoms with E-state index in [0.29, 0.717) is 32.7 Å². The first-order valence-electron chi connectivity index (χ1n) is 5.03. The topological polar surface area (TPSA) is 76.7 Å². The molecule has 0 spiro atoms. The number of nitrogens with one attached hydrogen (secondary N) is 2. The maximum Gasteiger partial charge on any atom is 0.407 e. The van der Waals surface area contributed by atoms with Gasteiger partial charge in [-0.2, -0.15) is 0 Å². The van der Waals surface area contributed by atoms with Gasteiger partial charge in [-0.05, 0) is 6.92 Å². The third-order valence-electron chi connectivity index (χ3n) is 1.93. The molecular formula is C9H16N2O4. The van der Waals surface area contributed by atoms with Crippen LogP contribution in [0.4, 0.5) is 4.79 Å². The summed E-state index contributed by atoms with van der Waals surface area (Å²) < 4.78 is 9.64. The first kappa shape index (κ1) is 11.8. The van der Waals surface area contributed by atoms with Crippen LogP contribution in [0.15, 0.2) is 0 Å².